The van der Waals surface area contributed by atoms with Gasteiger partial charge >= 0.3 is 5.97 Å². The molecule has 0 spiro atoms. The summed E-state index contributed by atoms with van der Waals surface area (Å²) < 4.78 is 0. The Balaban J connectivity index is 1.85. The van der Waals surface area contributed by atoms with Crippen molar-refractivity contribution in [3.8, 4) is 0 Å². The summed E-state index contributed by atoms with van der Waals surface area (Å²) in [5, 5.41) is 9.54. The Morgan fingerprint density at radius 2 is 1.70 bits per heavy atom. The standard InChI is InChI=1S/C16H23NO3/c1-10-4-2-3-9-17(10)15(18)13-11-5-7-12(8-6-11)14(13)16(19)20/h5,7,10-14H,2-4,6,8-9H2,1H3,(H,19,20)/t10-,11+,12+,13+,14+/m1/s1. The number of carboxylic acids is 1. The highest BCUT2D eigenvalue weighted by molar-refractivity contribution is 5.86. The molecule has 4 rings (SSSR count). The molecule has 20 heavy (non-hydrogen) atoms. The van der Waals surface area contributed by atoms with E-state index in [-0.39, 0.29) is 29.7 Å². The zero-order chi connectivity index (χ0) is 14.3. The predicted molar refractivity (Wildman–Crippen MR) is 75.0 cm³/mol. The lowest BCUT2D eigenvalue weighted by atomic mass is 9.61. The minimum absolute atomic E-state index is 0.0477. The van der Waals surface area contributed by atoms with E-state index in [4.69, 9.17) is 0 Å². The summed E-state index contributed by atoms with van der Waals surface area (Å²) in [5.41, 5.74) is 0. The number of piperidine rings is 1. The smallest absolute Gasteiger partial charge is 0.307 e. The van der Waals surface area contributed by atoms with Gasteiger partial charge in [0.15, 0.2) is 0 Å². The van der Waals surface area contributed by atoms with Gasteiger partial charge in [0.25, 0.3) is 0 Å². The molecule has 3 aliphatic carbocycles. The van der Waals surface area contributed by atoms with Crippen LogP contribution in [0.25, 0.3) is 0 Å². The van der Waals surface area contributed by atoms with Crippen molar-refractivity contribution in [1.29, 1.82) is 0 Å². The van der Waals surface area contributed by atoms with E-state index in [2.05, 4.69) is 13.0 Å². The zero-order valence-electron chi connectivity index (χ0n) is 12.0. The number of rotatable bonds is 2. The molecule has 1 N–H and O–H groups in total. The van der Waals surface area contributed by atoms with Crippen LogP contribution in [-0.2, 0) is 9.59 Å². The molecule has 1 saturated carbocycles. The lowest BCUT2D eigenvalue weighted by Crippen LogP contribution is -2.53. The molecule has 2 bridgehead atoms. The monoisotopic (exact) mass is 277 g/mol. The Bertz CT molecular complexity index is 445. The van der Waals surface area contributed by atoms with Crippen LogP contribution in [0.4, 0.5) is 0 Å². The molecule has 4 aliphatic rings. The molecule has 5 atom stereocenters. The third-order valence-corrected chi connectivity index (χ3v) is 5.40. The van der Waals surface area contributed by atoms with Crippen molar-refractivity contribution in [2.24, 2.45) is 23.7 Å². The van der Waals surface area contributed by atoms with Crippen molar-refractivity contribution in [1.82, 2.24) is 4.90 Å². The van der Waals surface area contributed by atoms with E-state index in [1.807, 2.05) is 11.0 Å². The van der Waals surface area contributed by atoms with E-state index in [1.165, 1.54) is 6.42 Å². The first kappa shape index (κ1) is 13.7. The van der Waals surface area contributed by atoms with Crippen molar-refractivity contribution < 1.29 is 14.7 Å². The van der Waals surface area contributed by atoms with Gasteiger partial charge in [-0.25, -0.2) is 0 Å². The number of fused-ring (bicyclic) bond motifs is 2. The summed E-state index contributed by atoms with van der Waals surface area (Å²) in [6, 6.07) is 0.259. The molecular formula is C16H23NO3. The average Bonchev–Trinajstić information content (AvgIpc) is 2.47. The van der Waals surface area contributed by atoms with E-state index in [0.29, 0.717) is 0 Å². The van der Waals surface area contributed by atoms with Gasteiger partial charge in [0.1, 0.15) is 0 Å². The minimum Gasteiger partial charge on any atom is -0.481 e. The number of amides is 1. The van der Waals surface area contributed by atoms with Crippen LogP contribution in [0.5, 0.6) is 0 Å². The van der Waals surface area contributed by atoms with Gasteiger partial charge in [0, 0.05) is 12.6 Å². The van der Waals surface area contributed by atoms with Gasteiger partial charge in [0.2, 0.25) is 5.91 Å². The molecule has 4 heteroatoms. The highest BCUT2D eigenvalue weighted by Gasteiger charge is 2.49. The van der Waals surface area contributed by atoms with E-state index in [0.717, 1.165) is 32.2 Å². The topological polar surface area (TPSA) is 57.6 Å². The maximum atomic E-state index is 12.9. The molecule has 2 fully saturated rings. The second kappa shape index (κ2) is 5.23. The van der Waals surface area contributed by atoms with Crippen LogP contribution >= 0.6 is 0 Å². The fourth-order valence-corrected chi connectivity index (χ4v) is 4.28. The SMILES string of the molecule is C[C@@H]1CCCCN1C(=O)[C@@H]1[C@@H](C(=O)O)[C@H]2C=C[C@H]1CC2. The summed E-state index contributed by atoms with van der Waals surface area (Å²) in [4.78, 5) is 26.5. The third-order valence-electron chi connectivity index (χ3n) is 5.40. The highest BCUT2D eigenvalue weighted by atomic mass is 16.4. The lowest BCUT2D eigenvalue weighted by molar-refractivity contribution is -0.158. The molecule has 4 nitrogen and oxygen atoms in total. The molecule has 1 heterocycles. The number of carbonyl (C=O) groups is 2. The summed E-state index contributed by atoms with van der Waals surface area (Å²) in [7, 11) is 0. The van der Waals surface area contributed by atoms with E-state index in [1.54, 1.807) is 0 Å². The number of allylic oxidation sites excluding steroid dienone is 2. The van der Waals surface area contributed by atoms with Gasteiger partial charge in [-0.2, -0.15) is 0 Å². The molecule has 110 valence electrons. The van der Waals surface area contributed by atoms with Crippen LogP contribution in [0.3, 0.4) is 0 Å². The molecule has 0 aromatic rings. The van der Waals surface area contributed by atoms with E-state index in [9.17, 15) is 14.7 Å². The van der Waals surface area contributed by atoms with Crippen LogP contribution in [0.1, 0.15) is 39.0 Å². The molecule has 1 saturated heterocycles. The number of likely N-dealkylation sites (tertiary alicyclic amines) is 1. The minimum atomic E-state index is -0.799. The average molecular weight is 277 g/mol. The molecule has 0 unspecified atom stereocenters. The molecule has 0 aromatic carbocycles. The van der Waals surface area contributed by atoms with E-state index < -0.39 is 11.9 Å². The first-order chi connectivity index (χ1) is 9.59. The molecule has 1 amide bonds. The zero-order valence-corrected chi connectivity index (χ0v) is 12.0. The van der Waals surface area contributed by atoms with Crippen LogP contribution in [-0.4, -0.2) is 34.5 Å². The Labute approximate surface area is 119 Å². The van der Waals surface area contributed by atoms with Gasteiger partial charge in [-0.05, 0) is 50.9 Å². The normalized spacial score (nSPS) is 39.9. The maximum Gasteiger partial charge on any atom is 0.307 e. The molecule has 0 radical (unpaired) electrons. The summed E-state index contributed by atoms with van der Waals surface area (Å²) >= 11 is 0. The number of hydrogen-bond acceptors (Lipinski definition) is 2. The second-order valence-corrected chi connectivity index (χ2v) is 6.56. The number of carboxylic acid groups (broad SMARTS) is 1. The highest BCUT2D eigenvalue weighted by Crippen LogP contribution is 2.46. The van der Waals surface area contributed by atoms with Gasteiger partial charge in [-0.3, -0.25) is 9.59 Å². The van der Waals surface area contributed by atoms with Crippen molar-refractivity contribution >= 4 is 11.9 Å². The summed E-state index contributed by atoms with van der Waals surface area (Å²) in [5.74, 6) is -1.39. The largest absolute Gasteiger partial charge is 0.481 e. The fraction of sp³-hybridized carbons (Fsp3) is 0.750. The quantitative estimate of drug-likeness (QED) is 0.788. The number of carbonyl (C=O) groups excluding carboxylic acids is 1. The van der Waals surface area contributed by atoms with Crippen LogP contribution in [0.15, 0.2) is 12.2 Å². The third kappa shape index (κ3) is 2.15. The Morgan fingerprint density at radius 3 is 2.25 bits per heavy atom. The molecular weight excluding hydrogens is 254 g/mol. The van der Waals surface area contributed by atoms with Crippen LogP contribution in [0, 0.1) is 23.7 Å². The molecule has 0 aromatic heterocycles. The number of hydrogen-bond donors (Lipinski definition) is 1. The van der Waals surface area contributed by atoms with Gasteiger partial charge in [-0.15, -0.1) is 0 Å². The number of aliphatic carboxylic acids is 1. The van der Waals surface area contributed by atoms with Crippen LogP contribution in [0.2, 0.25) is 0 Å². The predicted octanol–water partition coefficient (Wildman–Crippen LogP) is 2.30. The van der Waals surface area contributed by atoms with Crippen molar-refractivity contribution in [3.05, 3.63) is 12.2 Å². The molecule has 1 aliphatic heterocycles. The van der Waals surface area contributed by atoms with E-state index >= 15 is 0 Å². The Hall–Kier alpha value is -1.32. The first-order valence-corrected chi connectivity index (χ1v) is 7.81. The van der Waals surface area contributed by atoms with Gasteiger partial charge in [0.05, 0.1) is 11.8 Å². The van der Waals surface area contributed by atoms with Gasteiger partial charge in [-0.1, -0.05) is 12.2 Å². The summed E-state index contributed by atoms with van der Waals surface area (Å²) in [6.45, 7) is 2.88. The maximum absolute atomic E-state index is 12.9. The Morgan fingerprint density at radius 1 is 1.05 bits per heavy atom. The number of nitrogens with zero attached hydrogens (tertiary/aromatic N) is 1. The van der Waals surface area contributed by atoms with Crippen LogP contribution < -0.4 is 0 Å². The Kier molecular flexibility index (Phi) is 3.57. The summed E-state index contributed by atoms with van der Waals surface area (Å²) in [6.07, 6.45) is 9.25. The lowest BCUT2D eigenvalue weighted by Gasteiger charge is -2.45. The second-order valence-electron chi connectivity index (χ2n) is 6.56. The van der Waals surface area contributed by atoms with Crippen molar-refractivity contribution in [2.45, 2.75) is 45.1 Å². The first-order valence-electron chi connectivity index (χ1n) is 7.81. The van der Waals surface area contributed by atoms with Gasteiger partial charge < -0.3 is 10.0 Å². The van der Waals surface area contributed by atoms with Crippen molar-refractivity contribution in [2.75, 3.05) is 6.54 Å². The fourth-order valence-electron chi connectivity index (χ4n) is 4.28. The van der Waals surface area contributed by atoms with Crippen molar-refractivity contribution in [3.63, 3.8) is 0 Å².